The molecular formula is C51H77NO17. The van der Waals surface area contributed by atoms with Gasteiger partial charge in [0.05, 0.1) is 61.5 Å². The van der Waals surface area contributed by atoms with Crippen molar-refractivity contribution in [2.24, 2.45) is 40.2 Å². The van der Waals surface area contributed by atoms with Gasteiger partial charge in [0.15, 0.2) is 18.9 Å². The molecule has 69 heavy (non-hydrogen) atoms. The molecule has 1 unspecified atom stereocenters. The Morgan fingerprint density at radius 1 is 0.768 bits per heavy atom. The lowest BCUT2D eigenvalue weighted by Gasteiger charge is -2.65. The van der Waals surface area contributed by atoms with Gasteiger partial charge >= 0.3 is 11.9 Å². The normalized spacial score (nSPS) is 46.7. The minimum Gasteiger partial charge on any atom is -0.508 e. The molecule has 388 valence electrons. The Kier molecular flexibility index (Phi) is 15.9. The number of nitrogens with two attached hydrogens (primary N) is 1. The largest absolute Gasteiger partial charge is 0.508 e. The van der Waals surface area contributed by atoms with E-state index >= 15 is 0 Å². The Bertz CT molecular complexity index is 1940. The molecule has 9 rings (SSSR count). The van der Waals surface area contributed by atoms with Gasteiger partial charge < -0.3 is 79.4 Å². The average Bonchev–Trinajstić information content (AvgIpc) is 3.86. The third-order valence-corrected chi connectivity index (χ3v) is 17.8. The van der Waals surface area contributed by atoms with Crippen LogP contribution in [0.25, 0.3) is 0 Å². The Hall–Kier alpha value is -2.82. The molecule has 18 nitrogen and oxygen atoms in total. The van der Waals surface area contributed by atoms with Crippen molar-refractivity contribution >= 4 is 11.9 Å². The van der Waals surface area contributed by atoms with E-state index in [1.807, 2.05) is 13.8 Å². The standard InChI is InChI=1S/C41H64O14.C10H13NO3/c1-19-36(47)28(42)15-34(50-19)54-38-21(3)52-35(17-30(38)44)55-37-20(2)51-33(16-29(37)43)53-24-8-10-39(4)23(13-24)6-7-26-27(39)14-31(45)40(5)25(9-11-41(26,40)48)22-12-32(46)49-18-22;1-14-10(13)9(11)6-7-2-4-8(12)5-3-7/h12,19-21,23-31,33-38,42-45,47-48H,6-11,13-18H2,1-5H3;2-5,9,12H,6,11H2,1H3/t19-,20-,21-,23-,24+,25-,26-,27+,28+,29+,30+,31-,33+,34+,35+,36-,37-,38-,39+,40+,41+;/m1./s1. The van der Waals surface area contributed by atoms with E-state index in [4.69, 9.17) is 44.0 Å². The van der Waals surface area contributed by atoms with Crippen LogP contribution in [0.4, 0.5) is 0 Å². The van der Waals surface area contributed by atoms with E-state index in [1.54, 1.807) is 44.2 Å². The first-order chi connectivity index (χ1) is 32.6. The summed E-state index contributed by atoms with van der Waals surface area (Å²) >= 11 is 0. The predicted molar refractivity (Wildman–Crippen MR) is 244 cm³/mol. The number of aliphatic hydroxyl groups excluding tert-OH is 5. The van der Waals surface area contributed by atoms with Gasteiger partial charge in [0.1, 0.15) is 36.7 Å². The van der Waals surface area contributed by atoms with Crippen LogP contribution < -0.4 is 5.73 Å². The number of carbonyl (C=O) groups is 2. The number of ether oxygens (including phenoxy) is 8. The summed E-state index contributed by atoms with van der Waals surface area (Å²) in [7, 11) is 1.30. The zero-order valence-corrected chi connectivity index (χ0v) is 40.8. The molecule has 0 spiro atoms. The van der Waals surface area contributed by atoms with Crippen molar-refractivity contribution in [2.75, 3.05) is 13.7 Å². The van der Waals surface area contributed by atoms with E-state index in [-0.39, 0.29) is 66.9 Å². The monoisotopic (exact) mass is 976 g/mol. The molecule has 4 aliphatic heterocycles. The van der Waals surface area contributed by atoms with Crippen LogP contribution in [0, 0.1) is 34.5 Å². The summed E-state index contributed by atoms with van der Waals surface area (Å²) < 4.78 is 46.6. The summed E-state index contributed by atoms with van der Waals surface area (Å²) in [5.41, 5.74) is 5.56. The number of carbonyl (C=O) groups excluding carboxylic acids is 2. The molecule has 0 aromatic heterocycles. The van der Waals surface area contributed by atoms with Gasteiger partial charge in [-0.3, -0.25) is 4.79 Å². The van der Waals surface area contributed by atoms with Gasteiger partial charge in [-0.05, 0) is 131 Å². The van der Waals surface area contributed by atoms with E-state index in [1.165, 1.54) is 7.11 Å². The first-order valence-electron chi connectivity index (χ1n) is 25.2. The number of esters is 2. The van der Waals surface area contributed by atoms with Gasteiger partial charge in [-0.25, -0.2) is 4.79 Å². The van der Waals surface area contributed by atoms with Crippen molar-refractivity contribution in [3.8, 4) is 5.75 Å². The Morgan fingerprint density at radius 3 is 1.93 bits per heavy atom. The lowest BCUT2D eigenvalue weighted by Crippen LogP contribution is -2.67. The molecule has 8 aliphatic rings. The number of benzene rings is 1. The van der Waals surface area contributed by atoms with Gasteiger partial charge in [-0.1, -0.05) is 26.0 Å². The van der Waals surface area contributed by atoms with Gasteiger partial charge in [0.2, 0.25) is 0 Å². The van der Waals surface area contributed by atoms with Crippen LogP contribution in [-0.2, 0) is 53.9 Å². The number of phenols is 1. The van der Waals surface area contributed by atoms with Gasteiger partial charge in [0.25, 0.3) is 0 Å². The van der Waals surface area contributed by atoms with Crippen molar-refractivity contribution < 1.29 is 83.2 Å². The number of cyclic esters (lactones) is 1. The summed E-state index contributed by atoms with van der Waals surface area (Å²) in [5, 5.41) is 75.9. The summed E-state index contributed by atoms with van der Waals surface area (Å²) in [6.45, 7) is 9.90. The van der Waals surface area contributed by atoms with E-state index in [0.717, 1.165) is 49.7 Å². The second-order valence-electron chi connectivity index (χ2n) is 21.8. The number of hydrogen-bond donors (Lipinski definition) is 8. The SMILES string of the molecule is COC(=O)C(N)Cc1ccc(O)cc1.C[C@H]1O[C@@H](O[C@H]2[C@@H](O)C[C@H](O[C@H]3[C@@H](O)C[C@H](O[C@H]4CC[C@@]5(C)[C@H](CC[C@@H]6[C@@H]5C[C@@H](O)[C@]5(C)[C@@H](C7=CC(=O)OC7)CC[C@]65O)C4)O[C@@H]3C)O[C@@H]2C)C[C@H](O)[C@@H]1O. The number of hydrogen-bond acceptors (Lipinski definition) is 18. The minimum absolute atomic E-state index is 0.0452. The molecule has 4 heterocycles. The number of aromatic hydroxyl groups is 1. The van der Waals surface area contributed by atoms with E-state index in [2.05, 4.69) is 11.7 Å². The van der Waals surface area contributed by atoms with Crippen molar-refractivity contribution in [1.82, 2.24) is 0 Å². The molecule has 4 aliphatic carbocycles. The van der Waals surface area contributed by atoms with Crippen molar-refractivity contribution in [3.05, 3.63) is 41.5 Å². The van der Waals surface area contributed by atoms with Crippen LogP contribution in [-0.4, -0.2) is 159 Å². The fourth-order valence-electron chi connectivity index (χ4n) is 13.9. The van der Waals surface area contributed by atoms with Crippen molar-refractivity contribution in [2.45, 2.75) is 209 Å². The van der Waals surface area contributed by atoms with Crippen molar-refractivity contribution in [1.29, 1.82) is 0 Å². The maximum atomic E-state index is 12.6. The number of aliphatic hydroxyl groups is 6. The third kappa shape index (κ3) is 10.4. The topological polar surface area (TPSA) is 276 Å². The minimum atomic E-state index is -1.01. The predicted octanol–water partition coefficient (Wildman–Crippen LogP) is 2.65. The molecule has 22 atom stereocenters. The number of rotatable bonds is 10. The zero-order chi connectivity index (χ0) is 49.7. The van der Waals surface area contributed by atoms with Gasteiger partial charge in [-0.15, -0.1) is 0 Å². The summed E-state index contributed by atoms with van der Waals surface area (Å²) in [5.74, 6) is -0.0334. The highest BCUT2D eigenvalue weighted by Gasteiger charge is 2.71. The molecule has 0 radical (unpaired) electrons. The van der Waals surface area contributed by atoms with Crippen LogP contribution in [0.1, 0.15) is 111 Å². The van der Waals surface area contributed by atoms with Crippen LogP contribution in [0.2, 0.25) is 0 Å². The maximum Gasteiger partial charge on any atom is 0.331 e. The summed E-state index contributed by atoms with van der Waals surface area (Å²) in [6.07, 6.45) is -1.10. The van der Waals surface area contributed by atoms with Crippen molar-refractivity contribution in [3.63, 3.8) is 0 Å². The lowest BCUT2D eigenvalue weighted by molar-refractivity contribution is -0.336. The van der Waals surface area contributed by atoms with Gasteiger partial charge in [-0.2, -0.15) is 0 Å². The first-order valence-corrected chi connectivity index (χ1v) is 25.2. The average molecular weight is 976 g/mol. The molecule has 0 amide bonds. The fourth-order valence-corrected chi connectivity index (χ4v) is 13.9. The van der Waals surface area contributed by atoms with Crippen LogP contribution in [0.15, 0.2) is 35.9 Å². The van der Waals surface area contributed by atoms with Crippen LogP contribution in [0.5, 0.6) is 5.75 Å². The van der Waals surface area contributed by atoms with E-state index in [9.17, 15) is 40.2 Å². The second-order valence-corrected chi connectivity index (χ2v) is 21.8. The number of methoxy groups -OCH3 is 1. The number of phenolic OH excluding ortho intramolecular Hbond substituents is 1. The highest BCUT2D eigenvalue weighted by molar-refractivity contribution is 5.85. The molecule has 1 aromatic rings. The Balaban J connectivity index is 0.000000395. The van der Waals surface area contributed by atoms with Gasteiger partial charge in [0, 0.05) is 30.8 Å². The highest BCUT2D eigenvalue weighted by atomic mass is 16.7. The smallest absolute Gasteiger partial charge is 0.331 e. The molecule has 9 N–H and O–H groups in total. The maximum absolute atomic E-state index is 12.6. The number of fused-ring (bicyclic) bond motifs is 5. The third-order valence-electron chi connectivity index (χ3n) is 17.8. The molecule has 1 aromatic carbocycles. The van der Waals surface area contributed by atoms with Crippen LogP contribution >= 0.6 is 0 Å². The summed E-state index contributed by atoms with van der Waals surface area (Å²) in [4.78, 5) is 22.9. The summed E-state index contributed by atoms with van der Waals surface area (Å²) in [6, 6.07) is 5.90. The Labute approximate surface area is 404 Å². The first kappa shape index (κ1) is 52.5. The quantitative estimate of drug-likeness (QED) is 0.124. The fraction of sp³-hybridized carbons (Fsp3) is 0.804. The molecule has 7 fully saturated rings. The Morgan fingerprint density at radius 2 is 1.36 bits per heavy atom. The molecular weight excluding hydrogens is 899 g/mol. The molecule has 0 bridgehead atoms. The van der Waals surface area contributed by atoms with Crippen LogP contribution in [0.3, 0.4) is 0 Å². The van der Waals surface area contributed by atoms with E-state index in [0.29, 0.717) is 25.2 Å². The second kappa shape index (κ2) is 21.0. The molecule has 4 saturated carbocycles. The molecule has 3 saturated heterocycles. The van der Waals surface area contributed by atoms with E-state index < -0.39 is 103 Å². The molecule has 18 heteroatoms. The zero-order valence-electron chi connectivity index (χ0n) is 40.8. The highest BCUT2D eigenvalue weighted by Crippen LogP contribution is 2.70. The lowest BCUT2D eigenvalue weighted by atomic mass is 9.42.